The quantitative estimate of drug-likeness (QED) is 0.651. The number of aromatic nitrogens is 9. The van der Waals surface area contributed by atoms with Crippen LogP contribution in [0, 0.1) is 5.92 Å². The van der Waals surface area contributed by atoms with E-state index in [2.05, 4.69) is 55.0 Å². The predicted molar refractivity (Wildman–Crippen MR) is 82.0 cm³/mol. The van der Waals surface area contributed by atoms with Crippen molar-refractivity contribution in [3.8, 4) is 5.82 Å². The number of aromatic amines is 1. The molecule has 1 amide bonds. The SMILES string of the molecule is CC(C)CC(NC(=O)c1cn[nH]c1-n1cnnn1)c1ncnn1C. The highest BCUT2D eigenvalue weighted by atomic mass is 16.1. The van der Waals surface area contributed by atoms with Crippen molar-refractivity contribution < 1.29 is 4.79 Å². The highest BCUT2D eigenvalue weighted by molar-refractivity contribution is 5.97. The zero-order valence-corrected chi connectivity index (χ0v) is 13.6. The van der Waals surface area contributed by atoms with E-state index in [1.807, 2.05) is 0 Å². The van der Waals surface area contributed by atoms with Gasteiger partial charge < -0.3 is 5.32 Å². The van der Waals surface area contributed by atoms with E-state index in [4.69, 9.17) is 0 Å². The van der Waals surface area contributed by atoms with Crippen molar-refractivity contribution in [1.82, 2.24) is 50.5 Å². The number of hydrogen-bond acceptors (Lipinski definition) is 7. The molecular weight excluding hydrogens is 312 g/mol. The maximum absolute atomic E-state index is 12.7. The van der Waals surface area contributed by atoms with Crippen molar-refractivity contribution in [3.63, 3.8) is 0 Å². The predicted octanol–water partition coefficient (Wildman–Crippen LogP) is 0.0311. The Morgan fingerprint density at radius 1 is 1.42 bits per heavy atom. The first-order valence-corrected chi connectivity index (χ1v) is 7.47. The van der Waals surface area contributed by atoms with Gasteiger partial charge in [-0.05, 0) is 22.8 Å². The van der Waals surface area contributed by atoms with Crippen molar-refractivity contribution in [3.05, 3.63) is 30.2 Å². The minimum atomic E-state index is -0.289. The van der Waals surface area contributed by atoms with Crippen LogP contribution in [-0.2, 0) is 7.05 Å². The molecule has 0 saturated heterocycles. The third kappa shape index (κ3) is 3.14. The first-order chi connectivity index (χ1) is 11.6. The molecule has 0 radical (unpaired) electrons. The molecule has 1 unspecified atom stereocenters. The highest BCUT2D eigenvalue weighted by Crippen LogP contribution is 2.20. The van der Waals surface area contributed by atoms with Crippen LogP contribution in [0.25, 0.3) is 5.82 Å². The number of nitrogens with one attached hydrogen (secondary N) is 2. The van der Waals surface area contributed by atoms with Gasteiger partial charge in [0.05, 0.1) is 12.2 Å². The Kier molecular flexibility index (Phi) is 4.31. The monoisotopic (exact) mass is 330 g/mol. The lowest BCUT2D eigenvalue weighted by atomic mass is 10.0. The molecule has 0 aliphatic rings. The fraction of sp³-hybridized carbons (Fsp3) is 0.462. The lowest BCUT2D eigenvalue weighted by Gasteiger charge is -2.19. The van der Waals surface area contributed by atoms with Crippen LogP contribution >= 0.6 is 0 Å². The third-order valence-electron chi connectivity index (χ3n) is 3.51. The van der Waals surface area contributed by atoms with Gasteiger partial charge in [-0.3, -0.25) is 14.6 Å². The Morgan fingerprint density at radius 2 is 2.25 bits per heavy atom. The smallest absolute Gasteiger partial charge is 0.257 e. The lowest BCUT2D eigenvalue weighted by Crippen LogP contribution is -2.32. The molecule has 24 heavy (non-hydrogen) atoms. The number of hydrogen-bond donors (Lipinski definition) is 2. The van der Waals surface area contributed by atoms with Crippen LogP contribution in [0.15, 0.2) is 18.9 Å². The summed E-state index contributed by atoms with van der Waals surface area (Å²) in [5.41, 5.74) is 0.346. The van der Waals surface area contributed by atoms with Crippen LogP contribution in [0.1, 0.15) is 42.5 Å². The van der Waals surface area contributed by atoms with Crippen molar-refractivity contribution in [2.24, 2.45) is 13.0 Å². The Labute approximate surface area is 137 Å². The van der Waals surface area contributed by atoms with Crippen molar-refractivity contribution in [2.45, 2.75) is 26.3 Å². The summed E-state index contributed by atoms with van der Waals surface area (Å²) in [6.45, 7) is 4.17. The van der Waals surface area contributed by atoms with Crippen LogP contribution in [0.5, 0.6) is 0 Å². The fourth-order valence-corrected chi connectivity index (χ4v) is 2.44. The molecule has 0 spiro atoms. The molecule has 2 N–H and O–H groups in total. The van der Waals surface area contributed by atoms with Crippen molar-refractivity contribution >= 4 is 5.91 Å². The normalized spacial score (nSPS) is 12.5. The molecule has 0 aliphatic carbocycles. The van der Waals surface area contributed by atoms with Crippen molar-refractivity contribution in [1.29, 1.82) is 0 Å². The molecule has 0 saturated carbocycles. The number of H-pyrrole nitrogens is 1. The average molecular weight is 330 g/mol. The number of carbonyl (C=O) groups excluding carboxylic acids is 1. The van der Waals surface area contributed by atoms with E-state index in [1.165, 1.54) is 23.5 Å². The second-order valence-corrected chi connectivity index (χ2v) is 5.78. The molecule has 126 valence electrons. The summed E-state index contributed by atoms with van der Waals surface area (Å²) in [7, 11) is 1.80. The number of carbonyl (C=O) groups is 1. The number of rotatable bonds is 6. The second-order valence-electron chi connectivity index (χ2n) is 5.78. The number of nitrogens with zero attached hydrogens (tertiary/aromatic N) is 8. The van der Waals surface area contributed by atoms with Gasteiger partial charge in [-0.25, -0.2) is 4.98 Å². The molecule has 3 heterocycles. The van der Waals surface area contributed by atoms with E-state index in [1.54, 1.807) is 11.7 Å². The third-order valence-corrected chi connectivity index (χ3v) is 3.51. The molecule has 1 atom stereocenters. The summed E-state index contributed by atoms with van der Waals surface area (Å²) < 4.78 is 3.01. The van der Waals surface area contributed by atoms with E-state index in [-0.39, 0.29) is 11.9 Å². The second kappa shape index (κ2) is 6.56. The molecule has 11 heteroatoms. The lowest BCUT2D eigenvalue weighted by molar-refractivity contribution is 0.0929. The minimum Gasteiger partial charge on any atom is -0.342 e. The summed E-state index contributed by atoms with van der Waals surface area (Å²) in [5, 5.41) is 24.6. The van der Waals surface area contributed by atoms with Crippen LogP contribution in [0.4, 0.5) is 0 Å². The van der Waals surface area contributed by atoms with Gasteiger partial charge in [0.1, 0.15) is 24.0 Å². The van der Waals surface area contributed by atoms with Crippen LogP contribution in [0.3, 0.4) is 0 Å². The van der Waals surface area contributed by atoms with E-state index in [0.29, 0.717) is 23.1 Å². The van der Waals surface area contributed by atoms with Gasteiger partial charge >= 0.3 is 0 Å². The molecule has 11 nitrogen and oxygen atoms in total. The van der Waals surface area contributed by atoms with Crippen LogP contribution in [-0.4, -0.2) is 51.1 Å². The number of aryl methyl sites for hydroxylation is 1. The Balaban J connectivity index is 1.84. The summed E-state index contributed by atoms with van der Waals surface area (Å²) in [5.74, 6) is 1.18. The summed E-state index contributed by atoms with van der Waals surface area (Å²) >= 11 is 0. The Morgan fingerprint density at radius 3 is 2.88 bits per heavy atom. The zero-order valence-electron chi connectivity index (χ0n) is 13.6. The van der Waals surface area contributed by atoms with E-state index < -0.39 is 0 Å². The van der Waals surface area contributed by atoms with Crippen molar-refractivity contribution in [2.75, 3.05) is 0 Å². The van der Waals surface area contributed by atoms with Gasteiger partial charge in [-0.2, -0.15) is 14.9 Å². The maximum atomic E-state index is 12.7. The first kappa shape index (κ1) is 15.8. The summed E-state index contributed by atoms with van der Waals surface area (Å²) in [6.07, 6.45) is 5.03. The van der Waals surface area contributed by atoms with E-state index in [9.17, 15) is 4.79 Å². The van der Waals surface area contributed by atoms with Gasteiger partial charge in [0.2, 0.25) is 0 Å². The van der Waals surface area contributed by atoms with Crippen LogP contribution in [0.2, 0.25) is 0 Å². The number of tetrazole rings is 1. The Bertz CT molecular complexity index is 802. The zero-order chi connectivity index (χ0) is 17.1. The summed E-state index contributed by atoms with van der Waals surface area (Å²) in [6, 6.07) is -0.262. The molecule has 0 fully saturated rings. The number of amides is 1. The largest absolute Gasteiger partial charge is 0.342 e. The molecule has 0 aromatic carbocycles. The Hall–Kier alpha value is -3.11. The van der Waals surface area contributed by atoms with Crippen LogP contribution < -0.4 is 5.32 Å². The molecule has 3 aromatic rings. The van der Waals surface area contributed by atoms with Gasteiger partial charge in [-0.15, -0.1) is 5.10 Å². The summed E-state index contributed by atoms with van der Waals surface area (Å²) in [4.78, 5) is 17.0. The maximum Gasteiger partial charge on any atom is 0.257 e. The highest BCUT2D eigenvalue weighted by Gasteiger charge is 2.24. The topological polar surface area (TPSA) is 132 Å². The van der Waals surface area contributed by atoms with Gasteiger partial charge in [-0.1, -0.05) is 13.8 Å². The van der Waals surface area contributed by atoms with Gasteiger partial charge in [0.15, 0.2) is 5.82 Å². The van der Waals surface area contributed by atoms with Gasteiger partial charge in [0.25, 0.3) is 5.91 Å². The standard InChI is InChI=1S/C13H18N10O/c1-8(2)4-10(12-14-6-17-22(12)3)18-13(24)9-5-15-19-11(9)23-7-16-20-21-23/h5-8,10H,4H2,1-3H3,(H,15,19)(H,18,24). The fourth-order valence-electron chi connectivity index (χ4n) is 2.44. The molecular formula is C13H18N10O. The molecule has 0 bridgehead atoms. The minimum absolute atomic E-state index is 0.262. The van der Waals surface area contributed by atoms with Gasteiger partial charge in [0, 0.05) is 7.05 Å². The molecule has 0 aliphatic heterocycles. The first-order valence-electron chi connectivity index (χ1n) is 7.47. The average Bonchev–Trinajstić information content (AvgIpc) is 3.26. The van der Waals surface area contributed by atoms with E-state index >= 15 is 0 Å². The molecule has 3 rings (SSSR count). The van der Waals surface area contributed by atoms with E-state index in [0.717, 1.165) is 6.42 Å². The molecule has 3 aromatic heterocycles.